The van der Waals surface area contributed by atoms with Gasteiger partial charge in [-0.1, -0.05) is 25.7 Å². The smallest absolute Gasteiger partial charge is 0.246 e. The highest BCUT2D eigenvalue weighted by molar-refractivity contribution is 5.99. The quantitative estimate of drug-likeness (QED) is 0.618. The van der Waals surface area contributed by atoms with Crippen LogP contribution in [0.1, 0.15) is 45.4 Å². The van der Waals surface area contributed by atoms with E-state index in [2.05, 4.69) is 10.6 Å². The summed E-state index contributed by atoms with van der Waals surface area (Å²) in [5, 5.41) is 5.69. The lowest BCUT2D eigenvalue weighted by molar-refractivity contribution is -0.141. The average Bonchev–Trinajstić information content (AvgIpc) is 2.42. The SMILES string of the molecule is CC1NC(=O)C2(CCCCCC2)NC1=O. The second-order valence-corrected chi connectivity index (χ2v) is 4.68. The first-order chi connectivity index (χ1) is 7.14. The molecule has 1 aliphatic carbocycles. The summed E-state index contributed by atoms with van der Waals surface area (Å²) in [6.45, 7) is 1.72. The number of carbonyl (C=O) groups excluding carboxylic acids is 2. The summed E-state index contributed by atoms with van der Waals surface area (Å²) in [4.78, 5) is 23.6. The van der Waals surface area contributed by atoms with Gasteiger partial charge in [-0.25, -0.2) is 0 Å². The maximum absolute atomic E-state index is 12.0. The lowest BCUT2D eigenvalue weighted by atomic mass is 9.86. The fourth-order valence-electron chi connectivity index (χ4n) is 2.49. The van der Waals surface area contributed by atoms with Crippen LogP contribution >= 0.6 is 0 Å². The van der Waals surface area contributed by atoms with Crippen molar-refractivity contribution >= 4 is 11.8 Å². The Kier molecular flexibility index (Phi) is 2.67. The molecule has 2 fully saturated rings. The number of hydrogen-bond donors (Lipinski definition) is 2. The molecule has 84 valence electrons. The van der Waals surface area contributed by atoms with Gasteiger partial charge in [-0.05, 0) is 19.8 Å². The van der Waals surface area contributed by atoms with Gasteiger partial charge in [0.1, 0.15) is 11.6 Å². The minimum absolute atomic E-state index is 0.0106. The summed E-state index contributed by atoms with van der Waals surface area (Å²) in [6, 6.07) is -0.383. The monoisotopic (exact) mass is 210 g/mol. The molecule has 1 spiro atoms. The van der Waals surface area contributed by atoms with Gasteiger partial charge in [-0.2, -0.15) is 0 Å². The molecule has 1 unspecified atom stereocenters. The summed E-state index contributed by atoms with van der Waals surface area (Å²) in [7, 11) is 0. The molecular weight excluding hydrogens is 192 g/mol. The second-order valence-electron chi connectivity index (χ2n) is 4.68. The van der Waals surface area contributed by atoms with Crippen LogP contribution in [0, 0.1) is 0 Å². The predicted molar refractivity (Wildman–Crippen MR) is 56.2 cm³/mol. The van der Waals surface area contributed by atoms with Crippen molar-refractivity contribution in [3.8, 4) is 0 Å². The first-order valence-electron chi connectivity index (χ1n) is 5.77. The summed E-state index contributed by atoms with van der Waals surface area (Å²) >= 11 is 0. The third kappa shape index (κ3) is 1.85. The zero-order chi connectivity index (χ0) is 10.9. The van der Waals surface area contributed by atoms with Gasteiger partial charge in [-0.15, -0.1) is 0 Å². The van der Waals surface area contributed by atoms with E-state index < -0.39 is 5.54 Å². The Morgan fingerprint density at radius 1 is 1.13 bits per heavy atom. The minimum Gasteiger partial charge on any atom is -0.343 e. The number of rotatable bonds is 0. The molecule has 0 aromatic rings. The molecule has 2 N–H and O–H groups in total. The van der Waals surface area contributed by atoms with Gasteiger partial charge in [-0.3, -0.25) is 9.59 Å². The first kappa shape index (κ1) is 10.5. The van der Waals surface area contributed by atoms with Crippen LogP contribution in [0.3, 0.4) is 0 Å². The van der Waals surface area contributed by atoms with Gasteiger partial charge < -0.3 is 10.6 Å². The van der Waals surface area contributed by atoms with Crippen molar-refractivity contribution in [2.75, 3.05) is 0 Å². The van der Waals surface area contributed by atoms with Gasteiger partial charge in [0.05, 0.1) is 0 Å². The van der Waals surface area contributed by atoms with Crippen molar-refractivity contribution in [1.82, 2.24) is 10.6 Å². The molecule has 1 saturated heterocycles. The molecule has 0 radical (unpaired) electrons. The van der Waals surface area contributed by atoms with Crippen LogP contribution in [0.15, 0.2) is 0 Å². The van der Waals surface area contributed by atoms with Crippen LogP contribution in [-0.2, 0) is 9.59 Å². The highest BCUT2D eigenvalue weighted by Gasteiger charge is 2.44. The van der Waals surface area contributed by atoms with E-state index in [-0.39, 0.29) is 17.9 Å². The Balaban J connectivity index is 2.17. The van der Waals surface area contributed by atoms with E-state index in [1.807, 2.05) is 0 Å². The number of nitrogens with one attached hydrogen (secondary N) is 2. The van der Waals surface area contributed by atoms with Gasteiger partial charge in [0.25, 0.3) is 0 Å². The zero-order valence-electron chi connectivity index (χ0n) is 9.14. The van der Waals surface area contributed by atoms with Crippen LogP contribution < -0.4 is 10.6 Å². The van der Waals surface area contributed by atoms with Gasteiger partial charge >= 0.3 is 0 Å². The summed E-state index contributed by atoms with van der Waals surface area (Å²) < 4.78 is 0. The van der Waals surface area contributed by atoms with Crippen molar-refractivity contribution in [3.63, 3.8) is 0 Å². The molecule has 2 rings (SSSR count). The number of amides is 2. The fourth-order valence-corrected chi connectivity index (χ4v) is 2.49. The van der Waals surface area contributed by atoms with E-state index in [0.717, 1.165) is 25.7 Å². The normalized spacial score (nSPS) is 30.6. The molecule has 1 saturated carbocycles. The Morgan fingerprint density at radius 3 is 2.33 bits per heavy atom. The van der Waals surface area contributed by atoms with E-state index in [1.165, 1.54) is 12.8 Å². The molecule has 2 amide bonds. The maximum Gasteiger partial charge on any atom is 0.246 e. The summed E-state index contributed by atoms with van der Waals surface area (Å²) in [5.74, 6) is -0.0343. The van der Waals surface area contributed by atoms with E-state index in [0.29, 0.717) is 0 Å². The second kappa shape index (κ2) is 3.83. The molecular formula is C11H18N2O2. The standard InChI is InChI=1S/C11H18N2O2/c1-8-9(14)13-11(10(15)12-8)6-4-2-3-5-7-11/h8H,2-7H2,1H3,(H,12,15)(H,13,14). The lowest BCUT2D eigenvalue weighted by Crippen LogP contribution is -2.68. The Bertz CT molecular complexity index is 280. The molecule has 4 heteroatoms. The molecule has 15 heavy (non-hydrogen) atoms. The predicted octanol–water partition coefficient (Wildman–Crippen LogP) is 0.714. The van der Waals surface area contributed by atoms with Crippen LogP contribution in [-0.4, -0.2) is 23.4 Å². The third-order valence-electron chi connectivity index (χ3n) is 3.50. The number of carbonyl (C=O) groups is 2. The number of piperazine rings is 1. The van der Waals surface area contributed by atoms with Crippen molar-refractivity contribution in [2.45, 2.75) is 57.0 Å². The molecule has 4 nitrogen and oxygen atoms in total. The van der Waals surface area contributed by atoms with Crippen molar-refractivity contribution < 1.29 is 9.59 Å². The van der Waals surface area contributed by atoms with Crippen LogP contribution in [0.25, 0.3) is 0 Å². The molecule has 1 atom stereocenters. The average molecular weight is 210 g/mol. The minimum atomic E-state index is -0.597. The van der Waals surface area contributed by atoms with Gasteiger partial charge in [0.2, 0.25) is 11.8 Å². The molecule has 0 bridgehead atoms. The van der Waals surface area contributed by atoms with E-state index >= 15 is 0 Å². The van der Waals surface area contributed by atoms with Gasteiger partial charge in [0, 0.05) is 0 Å². The molecule has 0 aromatic carbocycles. The van der Waals surface area contributed by atoms with E-state index in [1.54, 1.807) is 6.92 Å². The van der Waals surface area contributed by atoms with E-state index in [4.69, 9.17) is 0 Å². The van der Waals surface area contributed by atoms with Crippen LogP contribution in [0.5, 0.6) is 0 Å². The van der Waals surface area contributed by atoms with Crippen LogP contribution in [0.2, 0.25) is 0 Å². The largest absolute Gasteiger partial charge is 0.343 e. The lowest BCUT2D eigenvalue weighted by Gasteiger charge is -2.38. The first-order valence-corrected chi connectivity index (χ1v) is 5.77. The molecule has 2 aliphatic rings. The summed E-state index contributed by atoms with van der Waals surface area (Å²) in [5.41, 5.74) is -0.597. The maximum atomic E-state index is 12.0. The van der Waals surface area contributed by atoms with Crippen molar-refractivity contribution in [1.29, 1.82) is 0 Å². The topological polar surface area (TPSA) is 58.2 Å². The van der Waals surface area contributed by atoms with E-state index in [9.17, 15) is 9.59 Å². The number of hydrogen-bond acceptors (Lipinski definition) is 2. The summed E-state index contributed by atoms with van der Waals surface area (Å²) in [6.07, 6.45) is 5.97. The van der Waals surface area contributed by atoms with Crippen molar-refractivity contribution in [2.24, 2.45) is 0 Å². The molecule has 0 aromatic heterocycles. The molecule has 1 heterocycles. The zero-order valence-corrected chi connectivity index (χ0v) is 9.14. The van der Waals surface area contributed by atoms with Gasteiger partial charge in [0.15, 0.2) is 0 Å². The van der Waals surface area contributed by atoms with Crippen molar-refractivity contribution in [3.05, 3.63) is 0 Å². The molecule has 1 aliphatic heterocycles. The van der Waals surface area contributed by atoms with Crippen LogP contribution in [0.4, 0.5) is 0 Å². The highest BCUT2D eigenvalue weighted by atomic mass is 16.2. The third-order valence-corrected chi connectivity index (χ3v) is 3.50. The fraction of sp³-hybridized carbons (Fsp3) is 0.818. The Hall–Kier alpha value is -1.06. The highest BCUT2D eigenvalue weighted by Crippen LogP contribution is 2.29. The Morgan fingerprint density at radius 2 is 1.73 bits per heavy atom. The Labute approximate surface area is 89.8 Å².